The van der Waals surface area contributed by atoms with Gasteiger partial charge in [-0.3, -0.25) is 9.69 Å². The Labute approximate surface area is 126 Å². The highest BCUT2D eigenvalue weighted by Gasteiger charge is 2.10. The zero-order valence-electron chi connectivity index (χ0n) is 11.4. The van der Waals surface area contributed by atoms with Crippen LogP contribution in [0.1, 0.15) is 15.4 Å². The van der Waals surface area contributed by atoms with Crippen LogP contribution in [0, 0.1) is 0 Å². The van der Waals surface area contributed by atoms with E-state index in [0.717, 1.165) is 5.01 Å². The number of amides is 1. The number of aromatic carboxylic acids is 1. The molecule has 0 saturated heterocycles. The average Bonchev–Trinajstić information content (AvgIpc) is 2.91. The zero-order valence-corrected chi connectivity index (χ0v) is 12.3. The van der Waals surface area contributed by atoms with Crippen LogP contribution in [-0.4, -0.2) is 40.5 Å². The summed E-state index contributed by atoms with van der Waals surface area (Å²) in [6.07, 6.45) is 1.73. The molecule has 0 unspecified atom stereocenters. The minimum absolute atomic E-state index is 0.143. The number of benzene rings is 1. The molecule has 110 valence electrons. The summed E-state index contributed by atoms with van der Waals surface area (Å²) in [6, 6.07) is 6.16. The topological polar surface area (TPSA) is 82.5 Å². The summed E-state index contributed by atoms with van der Waals surface area (Å²) in [6.45, 7) is 0.803. The minimum atomic E-state index is -1.02. The third-order valence-electron chi connectivity index (χ3n) is 2.70. The van der Waals surface area contributed by atoms with Gasteiger partial charge in [0.2, 0.25) is 5.91 Å². The van der Waals surface area contributed by atoms with Gasteiger partial charge in [-0.2, -0.15) is 0 Å². The molecule has 6 nitrogen and oxygen atoms in total. The van der Waals surface area contributed by atoms with Gasteiger partial charge in [-0.05, 0) is 25.2 Å². The first kappa shape index (κ1) is 15.1. The van der Waals surface area contributed by atoms with Gasteiger partial charge in [-0.25, -0.2) is 9.78 Å². The number of hydrogen-bond acceptors (Lipinski definition) is 5. The van der Waals surface area contributed by atoms with Gasteiger partial charge in [-0.15, -0.1) is 11.3 Å². The Balaban J connectivity index is 1.89. The maximum atomic E-state index is 11.9. The highest BCUT2D eigenvalue weighted by Crippen LogP contribution is 2.11. The Morgan fingerprint density at radius 3 is 2.90 bits per heavy atom. The van der Waals surface area contributed by atoms with Crippen LogP contribution in [0.25, 0.3) is 0 Å². The van der Waals surface area contributed by atoms with Crippen molar-refractivity contribution >= 4 is 28.9 Å². The minimum Gasteiger partial charge on any atom is -0.478 e. The molecule has 21 heavy (non-hydrogen) atoms. The fourth-order valence-electron chi connectivity index (χ4n) is 1.79. The van der Waals surface area contributed by atoms with Crippen LogP contribution in [0.4, 0.5) is 5.69 Å². The van der Waals surface area contributed by atoms with Gasteiger partial charge in [0.05, 0.1) is 18.7 Å². The summed E-state index contributed by atoms with van der Waals surface area (Å²) in [5, 5.41) is 14.4. The third kappa shape index (κ3) is 4.66. The molecule has 2 aromatic rings. The van der Waals surface area contributed by atoms with Crippen molar-refractivity contribution < 1.29 is 14.7 Å². The molecule has 1 aromatic heterocycles. The molecule has 0 saturated carbocycles. The van der Waals surface area contributed by atoms with E-state index in [4.69, 9.17) is 5.11 Å². The first-order valence-corrected chi connectivity index (χ1v) is 7.12. The molecular weight excluding hydrogens is 290 g/mol. The Kier molecular flexibility index (Phi) is 5.02. The zero-order chi connectivity index (χ0) is 15.2. The number of thiazole rings is 1. The summed E-state index contributed by atoms with van der Waals surface area (Å²) in [5.41, 5.74) is 0.617. The SMILES string of the molecule is CN(CC(=O)Nc1cccc(C(=O)O)c1)Cc1nccs1. The Morgan fingerprint density at radius 1 is 1.43 bits per heavy atom. The summed E-state index contributed by atoms with van der Waals surface area (Å²) in [7, 11) is 1.83. The Bertz CT molecular complexity index is 628. The second kappa shape index (κ2) is 6.96. The number of anilines is 1. The molecule has 1 aromatic carbocycles. The van der Waals surface area contributed by atoms with Crippen LogP contribution in [-0.2, 0) is 11.3 Å². The van der Waals surface area contributed by atoms with Crippen LogP contribution in [0.3, 0.4) is 0 Å². The van der Waals surface area contributed by atoms with Gasteiger partial charge in [0.1, 0.15) is 5.01 Å². The molecule has 0 aliphatic heterocycles. The number of rotatable bonds is 6. The van der Waals surface area contributed by atoms with E-state index in [1.165, 1.54) is 23.5 Å². The predicted molar refractivity (Wildman–Crippen MR) is 80.5 cm³/mol. The van der Waals surface area contributed by atoms with Crippen LogP contribution in [0.5, 0.6) is 0 Å². The van der Waals surface area contributed by atoms with E-state index in [2.05, 4.69) is 10.3 Å². The quantitative estimate of drug-likeness (QED) is 0.852. The van der Waals surface area contributed by atoms with Gasteiger partial charge in [0.25, 0.3) is 0 Å². The smallest absolute Gasteiger partial charge is 0.335 e. The highest BCUT2D eigenvalue weighted by molar-refractivity contribution is 7.09. The second-order valence-corrected chi connectivity index (χ2v) is 5.51. The fraction of sp³-hybridized carbons (Fsp3) is 0.214. The number of carboxylic acid groups (broad SMARTS) is 1. The van der Waals surface area contributed by atoms with Gasteiger partial charge >= 0.3 is 5.97 Å². The van der Waals surface area contributed by atoms with Gasteiger partial charge in [0.15, 0.2) is 0 Å². The summed E-state index contributed by atoms with van der Waals surface area (Å²) < 4.78 is 0. The Morgan fingerprint density at radius 2 is 2.24 bits per heavy atom. The Hall–Kier alpha value is -2.25. The second-order valence-electron chi connectivity index (χ2n) is 4.53. The summed E-state index contributed by atoms with van der Waals surface area (Å²) in [4.78, 5) is 28.8. The maximum absolute atomic E-state index is 11.9. The molecule has 0 fully saturated rings. The van der Waals surface area contributed by atoms with Crippen molar-refractivity contribution in [3.05, 3.63) is 46.4 Å². The standard InChI is InChI=1S/C14H15N3O3S/c1-17(9-13-15-5-6-21-13)8-12(18)16-11-4-2-3-10(7-11)14(19)20/h2-7H,8-9H2,1H3,(H,16,18)(H,19,20). The van der Waals surface area contributed by atoms with Crippen molar-refractivity contribution in [2.24, 2.45) is 0 Å². The molecule has 1 heterocycles. The van der Waals surface area contributed by atoms with Crippen molar-refractivity contribution in [3.8, 4) is 0 Å². The molecule has 2 rings (SSSR count). The van der Waals surface area contributed by atoms with Crippen molar-refractivity contribution in [2.75, 3.05) is 18.9 Å². The molecule has 0 aliphatic rings. The van der Waals surface area contributed by atoms with Crippen molar-refractivity contribution in [3.63, 3.8) is 0 Å². The van der Waals surface area contributed by atoms with E-state index >= 15 is 0 Å². The molecule has 0 bridgehead atoms. The highest BCUT2D eigenvalue weighted by atomic mass is 32.1. The van der Waals surface area contributed by atoms with Crippen molar-refractivity contribution in [1.82, 2.24) is 9.88 Å². The number of carbonyl (C=O) groups excluding carboxylic acids is 1. The maximum Gasteiger partial charge on any atom is 0.335 e. The molecule has 0 aliphatic carbocycles. The fourth-order valence-corrected chi connectivity index (χ4v) is 2.49. The lowest BCUT2D eigenvalue weighted by molar-refractivity contribution is -0.117. The number of aromatic nitrogens is 1. The molecule has 1 amide bonds. The largest absolute Gasteiger partial charge is 0.478 e. The van der Waals surface area contributed by atoms with Crippen molar-refractivity contribution in [1.29, 1.82) is 0 Å². The third-order valence-corrected chi connectivity index (χ3v) is 3.46. The molecule has 2 N–H and O–H groups in total. The van der Waals surface area contributed by atoms with E-state index in [1.54, 1.807) is 18.3 Å². The summed E-state index contributed by atoms with van der Waals surface area (Å²) in [5.74, 6) is -1.22. The number of likely N-dealkylation sites (N-methyl/N-ethyl adjacent to an activating group) is 1. The molecule has 0 radical (unpaired) electrons. The molecule has 0 spiro atoms. The van der Waals surface area contributed by atoms with Gasteiger partial charge in [0, 0.05) is 17.3 Å². The number of nitrogens with zero attached hydrogens (tertiary/aromatic N) is 2. The average molecular weight is 305 g/mol. The first-order valence-electron chi connectivity index (χ1n) is 6.24. The van der Waals surface area contributed by atoms with E-state index in [1.807, 2.05) is 17.3 Å². The van der Waals surface area contributed by atoms with Gasteiger partial charge in [-0.1, -0.05) is 6.07 Å². The van der Waals surface area contributed by atoms with Crippen LogP contribution < -0.4 is 5.32 Å². The van der Waals surface area contributed by atoms with Crippen LogP contribution in [0.2, 0.25) is 0 Å². The number of carbonyl (C=O) groups is 2. The van der Waals surface area contributed by atoms with Gasteiger partial charge < -0.3 is 10.4 Å². The van der Waals surface area contributed by atoms with E-state index in [-0.39, 0.29) is 18.0 Å². The molecule has 0 atom stereocenters. The first-order chi connectivity index (χ1) is 10.0. The summed E-state index contributed by atoms with van der Waals surface area (Å²) >= 11 is 1.54. The lowest BCUT2D eigenvalue weighted by Crippen LogP contribution is -2.29. The molecule has 7 heteroatoms. The lowest BCUT2D eigenvalue weighted by Gasteiger charge is -2.14. The number of hydrogen-bond donors (Lipinski definition) is 2. The van der Waals surface area contributed by atoms with Crippen LogP contribution in [0.15, 0.2) is 35.8 Å². The number of nitrogens with one attached hydrogen (secondary N) is 1. The predicted octanol–water partition coefficient (Wildman–Crippen LogP) is 1.91. The van der Waals surface area contributed by atoms with Crippen LogP contribution >= 0.6 is 11.3 Å². The number of carboxylic acids is 1. The van der Waals surface area contributed by atoms with Crippen molar-refractivity contribution in [2.45, 2.75) is 6.54 Å². The van der Waals surface area contributed by atoms with E-state index in [9.17, 15) is 9.59 Å². The normalized spacial score (nSPS) is 10.6. The molecular formula is C14H15N3O3S. The van der Waals surface area contributed by atoms with E-state index in [0.29, 0.717) is 12.2 Å². The van der Waals surface area contributed by atoms with E-state index < -0.39 is 5.97 Å². The lowest BCUT2D eigenvalue weighted by atomic mass is 10.2. The monoisotopic (exact) mass is 305 g/mol.